The summed E-state index contributed by atoms with van der Waals surface area (Å²) in [6.45, 7) is 1.66. The Morgan fingerprint density at radius 2 is 2.23 bits per heavy atom. The Kier molecular flexibility index (Phi) is 4.91. The lowest BCUT2D eigenvalue weighted by atomic mass is 9.96. The summed E-state index contributed by atoms with van der Waals surface area (Å²) in [5.41, 5.74) is 7.58. The van der Waals surface area contributed by atoms with Crippen molar-refractivity contribution >= 4 is 11.8 Å². The third kappa shape index (κ3) is 3.46. The fourth-order valence-corrected chi connectivity index (χ4v) is 4.63. The van der Waals surface area contributed by atoms with Crippen LogP contribution in [0.4, 0.5) is 0 Å². The molecule has 0 aromatic carbocycles. The maximum absolute atomic E-state index is 12.9. The summed E-state index contributed by atoms with van der Waals surface area (Å²) in [6.07, 6.45) is 5.73. The van der Waals surface area contributed by atoms with Crippen LogP contribution in [0.5, 0.6) is 0 Å². The second-order valence-electron chi connectivity index (χ2n) is 7.81. The first-order valence-corrected chi connectivity index (χ1v) is 9.55. The van der Waals surface area contributed by atoms with Crippen molar-refractivity contribution in [3.63, 3.8) is 0 Å². The number of nitrogens with one attached hydrogen (secondary N) is 2. The first-order valence-electron chi connectivity index (χ1n) is 9.55. The molecule has 4 atom stereocenters. The highest BCUT2D eigenvalue weighted by Gasteiger charge is 2.41. The van der Waals surface area contributed by atoms with Gasteiger partial charge < -0.3 is 9.80 Å². The number of fused-ring (bicyclic) bond motifs is 1. The monoisotopic (exact) mass is 357 g/mol. The van der Waals surface area contributed by atoms with Crippen LogP contribution in [-0.4, -0.2) is 58.8 Å². The lowest BCUT2D eigenvalue weighted by molar-refractivity contribution is -0.135. The average Bonchev–Trinajstić information content (AvgIpc) is 3.34. The lowest BCUT2D eigenvalue weighted by Gasteiger charge is -2.26. The maximum atomic E-state index is 12.9. The van der Waals surface area contributed by atoms with Crippen molar-refractivity contribution in [2.45, 2.75) is 44.3 Å². The fourth-order valence-electron chi connectivity index (χ4n) is 4.63. The van der Waals surface area contributed by atoms with Gasteiger partial charge in [0, 0.05) is 44.8 Å². The highest BCUT2D eigenvalue weighted by atomic mass is 16.2. The number of hydrogen-bond acceptors (Lipinski definition) is 5. The third-order valence-corrected chi connectivity index (χ3v) is 6.03. The maximum Gasteiger partial charge on any atom is 0.227 e. The number of carbonyl (C=O) groups is 2. The van der Waals surface area contributed by atoms with Crippen LogP contribution >= 0.6 is 0 Å². The molecule has 1 saturated carbocycles. The number of likely N-dealkylation sites (N-methyl/N-ethyl adjacent to an activating group) is 1. The van der Waals surface area contributed by atoms with Crippen LogP contribution in [0.1, 0.15) is 31.4 Å². The van der Waals surface area contributed by atoms with Gasteiger partial charge in [-0.1, -0.05) is 12.5 Å². The Hall–Kier alpha value is -1.99. The Bertz CT molecular complexity index is 667. The second-order valence-corrected chi connectivity index (χ2v) is 7.81. The van der Waals surface area contributed by atoms with E-state index in [1.165, 1.54) is 19.3 Å². The molecule has 1 aromatic rings. The summed E-state index contributed by atoms with van der Waals surface area (Å²) >= 11 is 0. The summed E-state index contributed by atoms with van der Waals surface area (Å²) in [7, 11) is 1.86. The Balaban J connectivity index is 1.32. The van der Waals surface area contributed by atoms with Gasteiger partial charge in [0.25, 0.3) is 0 Å². The SMILES string of the molecule is CN(CC1NNC2CCCC21)C(=O)C1CC(=O)N(Cc2ccccn2)C1. The molecule has 1 aromatic heterocycles. The molecule has 2 N–H and O–H groups in total. The summed E-state index contributed by atoms with van der Waals surface area (Å²) in [4.78, 5) is 33.0. The number of nitrogens with zero attached hydrogens (tertiary/aromatic N) is 3. The predicted octanol–water partition coefficient (Wildman–Crippen LogP) is 0.534. The molecule has 2 aliphatic heterocycles. The number of hydrazine groups is 1. The molecule has 4 unspecified atom stereocenters. The molecular weight excluding hydrogens is 330 g/mol. The van der Waals surface area contributed by atoms with Crippen LogP contribution in [0.25, 0.3) is 0 Å². The van der Waals surface area contributed by atoms with Crippen molar-refractivity contribution in [2.24, 2.45) is 11.8 Å². The summed E-state index contributed by atoms with van der Waals surface area (Å²) in [6, 6.07) is 6.53. The van der Waals surface area contributed by atoms with Crippen LogP contribution in [-0.2, 0) is 16.1 Å². The van der Waals surface area contributed by atoms with E-state index in [1.807, 2.05) is 30.1 Å². The van der Waals surface area contributed by atoms with Gasteiger partial charge in [-0.15, -0.1) is 0 Å². The topological polar surface area (TPSA) is 77.6 Å². The van der Waals surface area contributed by atoms with Crippen LogP contribution < -0.4 is 10.9 Å². The molecular formula is C19H27N5O2. The largest absolute Gasteiger partial charge is 0.344 e. The number of carbonyl (C=O) groups excluding carboxylic acids is 2. The van der Waals surface area contributed by atoms with Crippen molar-refractivity contribution in [3.05, 3.63) is 30.1 Å². The van der Waals surface area contributed by atoms with E-state index in [0.29, 0.717) is 44.1 Å². The highest BCUT2D eigenvalue weighted by Crippen LogP contribution is 2.32. The smallest absolute Gasteiger partial charge is 0.227 e. The van der Waals surface area contributed by atoms with E-state index in [2.05, 4.69) is 15.8 Å². The lowest BCUT2D eigenvalue weighted by Crippen LogP contribution is -2.45. The molecule has 3 fully saturated rings. The second kappa shape index (κ2) is 7.32. The van der Waals surface area contributed by atoms with Gasteiger partial charge in [0.15, 0.2) is 0 Å². The molecule has 4 rings (SSSR count). The van der Waals surface area contributed by atoms with Gasteiger partial charge in [0.05, 0.1) is 18.2 Å². The van der Waals surface area contributed by atoms with E-state index in [9.17, 15) is 9.59 Å². The van der Waals surface area contributed by atoms with E-state index in [0.717, 1.165) is 5.69 Å². The highest BCUT2D eigenvalue weighted by molar-refractivity contribution is 5.89. The number of likely N-dealkylation sites (tertiary alicyclic amines) is 1. The van der Waals surface area contributed by atoms with E-state index in [1.54, 1.807) is 11.1 Å². The summed E-state index contributed by atoms with van der Waals surface area (Å²) < 4.78 is 0. The van der Waals surface area contributed by atoms with Gasteiger partial charge in [-0.25, -0.2) is 0 Å². The van der Waals surface area contributed by atoms with E-state index < -0.39 is 0 Å². The van der Waals surface area contributed by atoms with E-state index in [4.69, 9.17) is 0 Å². The molecule has 0 radical (unpaired) electrons. The zero-order chi connectivity index (χ0) is 18.1. The molecule has 2 amide bonds. The third-order valence-electron chi connectivity index (χ3n) is 6.03. The first-order chi connectivity index (χ1) is 12.6. The van der Waals surface area contributed by atoms with Crippen molar-refractivity contribution in [2.75, 3.05) is 20.1 Å². The van der Waals surface area contributed by atoms with E-state index in [-0.39, 0.29) is 17.7 Å². The zero-order valence-corrected chi connectivity index (χ0v) is 15.2. The molecule has 26 heavy (non-hydrogen) atoms. The normalized spacial score (nSPS) is 30.7. The van der Waals surface area contributed by atoms with Crippen molar-refractivity contribution in [1.82, 2.24) is 25.6 Å². The standard InChI is InChI=1S/C19H27N5O2/c1-23(12-17-15-6-4-7-16(15)21-22-17)19(26)13-9-18(25)24(10-13)11-14-5-2-3-8-20-14/h2-3,5,8,13,15-17,21-22H,4,6-7,9-12H2,1H3. The zero-order valence-electron chi connectivity index (χ0n) is 15.2. The van der Waals surface area contributed by atoms with Gasteiger partial charge in [-0.05, 0) is 30.9 Å². The van der Waals surface area contributed by atoms with Crippen LogP contribution in [0.2, 0.25) is 0 Å². The molecule has 3 aliphatic rings. The van der Waals surface area contributed by atoms with Gasteiger partial charge in [-0.2, -0.15) is 0 Å². The van der Waals surface area contributed by atoms with Crippen molar-refractivity contribution in [1.29, 1.82) is 0 Å². The number of amides is 2. The minimum Gasteiger partial charge on any atom is -0.344 e. The summed E-state index contributed by atoms with van der Waals surface area (Å²) in [5, 5.41) is 0. The molecule has 0 spiro atoms. The van der Waals surface area contributed by atoms with Crippen LogP contribution in [0.3, 0.4) is 0 Å². The first kappa shape index (κ1) is 17.4. The predicted molar refractivity (Wildman–Crippen MR) is 96.6 cm³/mol. The number of hydrogen-bond donors (Lipinski definition) is 2. The van der Waals surface area contributed by atoms with Crippen LogP contribution in [0.15, 0.2) is 24.4 Å². The molecule has 7 heteroatoms. The molecule has 2 saturated heterocycles. The van der Waals surface area contributed by atoms with E-state index >= 15 is 0 Å². The van der Waals surface area contributed by atoms with Gasteiger partial charge in [-0.3, -0.25) is 25.4 Å². The van der Waals surface area contributed by atoms with Crippen molar-refractivity contribution in [3.8, 4) is 0 Å². The van der Waals surface area contributed by atoms with Gasteiger partial charge >= 0.3 is 0 Å². The quantitative estimate of drug-likeness (QED) is 0.804. The van der Waals surface area contributed by atoms with Gasteiger partial charge in [0.1, 0.15) is 0 Å². The number of pyridine rings is 1. The Morgan fingerprint density at radius 3 is 3.04 bits per heavy atom. The number of aromatic nitrogens is 1. The number of rotatable bonds is 5. The molecule has 7 nitrogen and oxygen atoms in total. The average molecular weight is 357 g/mol. The minimum atomic E-state index is -0.245. The fraction of sp³-hybridized carbons (Fsp3) is 0.632. The van der Waals surface area contributed by atoms with Crippen molar-refractivity contribution < 1.29 is 9.59 Å². The molecule has 0 bridgehead atoms. The molecule has 1 aliphatic carbocycles. The Morgan fingerprint density at radius 1 is 1.35 bits per heavy atom. The minimum absolute atomic E-state index is 0.0407. The van der Waals surface area contributed by atoms with Crippen LogP contribution in [0, 0.1) is 11.8 Å². The van der Waals surface area contributed by atoms with Gasteiger partial charge in [0.2, 0.25) is 11.8 Å². The molecule has 140 valence electrons. The molecule has 3 heterocycles. The Labute approximate surface area is 154 Å². The summed E-state index contributed by atoms with van der Waals surface area (Å²) in [5.74, 6) is 0.477.